The molecule has 0 atom stereocenters. The summed E-state index contributed by atoms with van der Waals surface area (Å²) in [5.74, 6) is 0.371. The quantitative estimate of drug-likeness (QED) is 0.473. The molecule has 0 unspecified atom stereocenters. The molecular formula is C16H21NO4S. The van der Waals surface area contributed by atoms with Crippen LogP contribution in [0.2, 0.25) is 0 Å². The van der Waals surface area contributed by atoms with Crippen LogP contribution in [0.25, 0.3) is 0 Å². The van der Waals surface area contributed by atoms with Crippen LogP contribution in [0.4, 0.5) is 5.88 Å². The first-order valence-electron chi connectivity index (χ1n) is 7.34. The number of hydrogen-bond acceptors (Lipinski definition) is 5. The standard InChI is InChI=1S/C16H21NO4S/c1-20-14(19)9-4-3-8-13(18)17-10-6-5-7-12-11-15(22-2)21-16(12)17/h3-4,11H,5-10H2,1-2H3/b4-3+. The Morgan fingerprint density at radius 3 is 2.86 bits per heavy atom. The van der Waals surface area contributed by atoms with Gasteiger partial charge in [-0.25, -0.2) is 0 Å². The first-order valence-corrected chi connectivity index (χ1v) is 8.57. The van der Waals surface area contributed by atoms with Crippen molar-refractivity contribution in [3.63, 3.8) is 0 Å². The second-order valence-corrected chi connectivity index (χ2v) is 5.87. The highest BCUT2D eigenvalue weighted by Crippen LogP contribution is 2.33. The number of anilines is 1. The summed E-state index contributed by atoms with van der Waals surface area (Å²) in [7, 11) is 1.35. The van der Waals surface area contributed by atoms with Gasteiger partial charge in [0.05, 0.1) is 13.5 Å². The van der Waals surface area contributed by atoms with Gasteiger partial charge in [-0.1, -0.05) is 23.9 Å². The number of fused-ring (bicyclic) bond motifs is 1. The molecule has 120 valence electrons. The summed E-state index contributed by atoms with van der Waals surface area (Å²) in [5.41, 5.74) is 1.11. The van der Waals surface area contributed by atoms with E-state index in [4.69, 9.17) is 4.42 Å². The fraction of sp³-hybridized carbons (Fsp3) is 0.500. The van der Waals surface area contributed by atoms with E-state index in [9.17, 15) is 9.59 Å². The Morgan fingerprint density at radius 2 is 2.14 bits per heavy atom. The Balaban J connectivity index is 2.03. The monoisotopic (exact) mass is 323 g/mol. The number of carbonyl (C=O) groups is 2. The summed E-state index contributed by atoms with van der Waals surface area (Å²) < 4.78 is 10.3. The minimum absolute atomic E-state index is 0.00808. The maximum atomic E-state index is 12.4. The molecular weight excluding hydrogens is 302 g/mol. The van der Waals surface area contributed by atoms with E-state index in [2.05, 4.69) is 4.74 Å². The molecule has 5 nitrogen and oxygen atoms in total. The highest BCUT2D eigenvalue weighted by Gasteiger charge is 2.24. The van der Waals surface area contributed by atoms with Crippen molar-refractivity contribution in [1.29, 1.82) is 0 Å². The van der Waals surface area contributed by atoms with Crippen LogP contribution >= 0.6 is 11.8 Å². The number of thioether (sulfide) groups is 1. The third kappa shape index (κ3) is 4.16. The van der Waals surface area contributed by atoms with Crippen molar-refractivity contribution < 1.29 is 18.7 Å². The number of methoxy groups -OCH3 is 1. The van der Waals surface area contributed by atoms with Gasteiger partial charge in [0.2, 0.25) is 11.8 Å². The molecule has 22 heavy (non-hydrogen) atoms. The zero-order valence-electron chi connectivity index (χ0n) is 13.0. The smallest absolute Gasteiger partial charge is 0.309 e. The van der Waals surface area contributed by atoms with Crippen LogP contribution in [0.15, 0.2) is 27.7 Å². The van der Waals surface area contributed by atoms with E-state index in [0.717, 1.165) is 29.9 Å². The van der Waals surface area contributed by atoms with Crippen LogP contribution in [-0.2, 0) is 20.7 Å². The van der Waals surface area contributed by atoms with Gasteiger partial charge in [-0.15, -0.1) is 0 Å². The minimum atomic E-state index is -0.309. The van der Waals surface area contributed by atoms with Gasteiger partial charge >= 0.3 is 5.97 Å². The average Bonchev–Trinajstić information content (AvgIpc) is 2.84. The number of carbonyl (C=O) groups excluding carboxylic acids is 2. The first kappa shape index (κ1) is 16.7. The molecule has 0 aromatic carbocycles. The average molecular weight is 323 g/mol. The van der Waals surface area contributed by atoms with Crippen LogP contribution in [0.5, 0.6) is 0 Å². The van der Waals surface area contributed by atoms with Crippen molar-refractivity contribution in [3.05, 3.63) is 23.8 Å². The van der Waals surface area contributed by atoms with Gasteiger partial charge in [0.25, 0.3) is 0 Å². The summed E-state index contributed by atoms with van der Waals surface area (Å²) in [4.78, 5) is 25.2. The van der Waals surface area contributed by atoms with Gasteiger partial charge in [-0.05, 0) is 31.6 Å². The topological polar surface area (TPSA) is 59.8 Å². The SMILES string of the molecule is COC(=O)C/C=C/CC(=O)N1CCCCc2cc(SC)oc21. The van der Waals surface area contributed by atoms with Crippen LogP contribution in [0, 0.1) is 0 Å². The van der Waals surface area contributed by atoms with E-state index in [1.807, 2.05) is 12.3 Å². The summed E-state index contributed by atoms with van der Waals surface area (Å²) in [6, 6.07) is 2.03. The van der Waals surface area contributed by atoms with Crippen molar-refractivity contribution in [2.75, 3.05) is 24.8 Å². The second kappa shape index (κ2) is 8.08. The summed E-state index contributed by atoms with van der Waals surface area (Å²) >= 11 is 1.54. The number of aryl methyl sites for hydroxylation is 1. The number of furan rings is 1. The molecule has 0 bridgehead atoms. The van der Waals surface area contributed by atoms with Crippen LogP contribution < -0.4 is 4.90 Å². The predicted octanol–water partition coefficient (Wildman–Crippen LogP) is 3.18. The Labute approximate surface area is 134 Å². The largest absolute Gasteiger partial charge is 0.469 e. The van der Waals surface area contributed by atoms with E-state index in [0.29, 0.717) is 12.4 Å². The lowest BCUT2D eigenvalue weighted by molar-refractivity contribution is -0.139. The molecule has 0 saturated heterocycles. The zero-order chi connectivity index (χ0) is 15.9. The maximum absolute atomic E-state index is 12.4. The van der Waals surface area contributed by atoms with Gasteiger partial charge in [-0.2, -0.15) is 0 Å². The number of amides is 1. The summed E-state index contributed by atoms with van der Waals surface area (Å²) in [5, 5.41) is 0.839. The third-order valence-electron chi connectivity index (χ3n) is 3.56. The molecule has 1 amide bonds. The van der Waals surface area contributed by atoms with Gasteiger partial charge < -0.3 is 9.15 Å². The van der Waals surface area contributed by atoms with E-state index >= 15 is 0 Å². The van der Waals surface area contributed by atoms with Crippen molar-refractivity contribution in [2.45, 2.75) is 37.2 Å². The van der Waals surface area contributed by atoms with Gasteiger partial charge in [-0.3, -0.25) is 14.5 Å². The first-order chi connectivity index (χ1) is 10.7. The Hall–Kier alpha value is -1.69. The number of esters is 1. The number of hydrogen-bond donors (Lipinski definition) is 0. The van der Waals surface area contributed by atoms with Gasteiger partial charge in [0.1, 0.15) is 0 Å². The zero-order valence-corrected chi connectivity index (χ0v) is 13.8. The molecule has 0 N–H and O–H groups in total. The van der Waals surface area contributed by atoms with Gasteiger partial charge in [0.15, 0.2) is 5.09 Å². The van der Waals surface area contributed by atoms with Crippen LogP contribution in [0.1, 0.15) is 31.2 Å². The fourth-order valence-corrected chi connectivity index (χ4v) is 2.81. The molecule has 1 aromatic rings. The maximum Gasteiger partial charge on any atom is 0.309 e. The van der Waals surface area contributed by atoms with Crippen LogP contribution in [0.3, 0.4) is 0 Å². The molecule has 1 aliphatic rings. The fourth-order valence-electron chi connectivity index (χ4n) is 2.38. The third-order valence-corrected chi connectivity index (χ3v) is 4.16. The predicted molar refractivity (Wildman–Crippen MR) is 86.2 cm³/mol. The van der Waals surface area contributed by atoms with Gasteiger partial charge in [0, 0.05) is 18.5 Å². The minimum Gasteiger partial charge on any atom is -0.469 e. The molecule has 1 aromatic heterocycles. The normalized spacial score (nSPS) is 14.7. The molecule has 0 aliphatic carbocycles. The number of ether oxygens (including phenoxy) is 1. The summed E-state index contributed by atoms with van der Waals surface area (Å²) in [6.45, 7) is 0.679. The molecule has 2 heterocycles. The highest BCUT2D eigenvalue weighted by molar-refractivity contribution is 7.98. The molecule has 6 heteroatoms. The lowest BCUT2D eigenvalue weighted by Crippen LogP contribution is -2.30. The highest BCUT2D eigenvalue weighted by atomic mass is 32.2. The van der Waals surface area contributed by atoms with Crippen molar-refractivity contribution >= 4 is 29.5 Å². The van der Waals surface area contributed by atoms with E-state index in [1.165, 1.54) is 7.11 Å². The molecule has 1 aliphatic heterocycles. The van der Waals surface area contributed by atoms with E-state index in [-0.39, 0.29) is 24.7 Å². The van der Waals surface area contributed by atoms with E-state index in [1.54, 1.807) is 28.8 Å². The van der Waals surface area contributed by atoms with Crippen molar-refractivity contribution in [1.82, 2.24) is 0 Å². The lowest BCUT2D eigenvalue weighted by atomic mass is 10.2. The van der Waals surface area contributed by atoms with Crippen molar-refractivity contribution in [3.8, 4) is 0 Å². The number of nitrogens with zero attached hydrogens (tertiary/aromatic N) is 1. The molecule has 0 fully saturated rings. The summed E-state index contributed by atoms with van der Waals surface area (Å²) in [6.07, 6.45) is 8.75. The molecule has 2 rings (SSSR count). The number of rotatable bonds is 5. The van der Waals surface area contributed by atoms with Crippen molar-refractivity contribution in [2.24, 2.45) is 0 Å². The molecule has 0 spiro atoms. The molecule has 0 radical (unpaired) electrons. The molecule has 0 saturated carbocycles. The Bertz CT molecular complexity index is 564. The van der Waals surface area contributed by atoms with Crippen LogP contribution in [-0.4, -0.2) is 31.8 Å². The van der Waals surface area contributed by atoms with E-state index < -0.39 is 0 Å². The second-order valence-electron chi connectivity index (χ2n) is 5.06. The Morgan fingerprint density at radius 1 is 1.36 bits per heavy atom. The lowest BCUT2D eigenvalue weighted by Gasteiger charge is -2.18. The Kier molecular flexibility index (Phi) is 6.12.